The Hall–Kier alpha value is -1.96. The van der Waals surface area contributed by atoms with Gasteiger partial charge in [-0.1, -0.05) is 0 Å². The van der Waals surface area contributed by atoms with E-state index in [1.165, 1.54) is 18.3 Å². The van der Waals surface area contributed by atoms with Crippen molar-refractivity contribution in [1.29, 1.82) is 0 Å². The first kappa shape index (κ1) is 11.5. The molecular formula is C9H8N2O5S. The van der Waals surface area contributed by atoms with E-state index in [0.717, 1.165) is 6.92 Å². The molecule has 1 aliphatic rings. The number of aromatic nitrogens is 1. The van der Waals surface area contributed by atoms with Crippen LogP contribution < -0.4 is 0 Å². The minimum absolute atomic E-state index is 0.0967. The van der Waals surface area contributed by atoms with Crippen molar-refractivity contribution in [3.63, 3.8) is 0 Å². The van der Waals surface area contributed by atoms with Gasteiger partial charge in [-0.3, -0.25) is 4.79 Å². The molecule has 0 fully saturated rings. The lowest BCUT2D eigenvalue weighted by atomic mass is 10.2. The molecule has 2 heterocycles. The standard InChI is InChI=1S/C9H8N2O5S/c1-5(9(13)14)11-8(12)6-3-2-4-10-7(6)17(11,15)16/h2-5H,1H3,(H,13,14). The van der Waals surface area contributed by atoms with Gasteiger partial charge in [0.1, 0.15) is 6.04 Å². The van der Waals surface area contributed by atoms with E-state index in [-0.39, 0.29) is 5.56 Å². The molecule has 0 aliphatic carbocycles. The number of carboxylic acids is 1. The third kappa shape index (κ3) is 1.48. The van der Waals surface area contributed by atoms with E-state index >= 15 is 0 Å². The molecule has 17 heavy (non-hydrogen) atoms. The first-order valence-corrected chi connectivity index (χ1v) is 6.08. The van der Waals surface area contributed by atoms with E-state index in [9.17, 15) is 18.0 Å². The zero-order valence-electron chi connectivity index (χ0n) is 8.69. The molecule has 0 bridgehead atoms. The van der Waals surface area contributed by atoms with Gasteiger partial charge in [0.25, 0.3) is 15.9 Å². The van der Waals surface area contributed by atoms with Crippen LogP contribution in [0.4, 0.5) is 0 Å². The lowest BCUT2D eigenvalue weighted by molar-refractivity contribution is -0.140. The maximum atomic E-state index is 11.9. The van der Waals surface area contributed by atoms with Crippen LogP contribution in [0.1, 0.15) is 17.3 Å². The predicted octanol–water partition coefficient (Wildman–Crippen LogP) is -0.301. The molecule has 0 saturated carbocycles. The SMILES string of the molecule is CC(C(=O)O)N1C(=O)c2cccnc2S1(=O)=O. The summed E-state index contributed by atoms with van der Waals surface area (Å²) in [7, 11) is -4.15. The van der Waals surface area contributed by atoms with Crippen LogP contribution in [0.5, 0.6) is 0 Å². The topological polar surface area (TPSA) is 105 Å². The first-order chi connectivity index (χ1) is 7.87. The van der Waals surface area contributed by atoms with Gasteiger partial charge in [0.2, 0.25) is 0 Å². The Morgan fingerprint density at radius 2 is 2.18 bits per heavy atom. The summed E-state index contributed by atoms with van der Waals surface area (Å²) < 4.78 is 24.2. The van der Waals surface area contributed by atoms with E-state index in [0.29, 0.717) is 4.31 Å². The van der Waals surface area contributed by atoms with Crippen LogP contribution in [-0.2, 0) is 14.8 Å². The molecule has 1 aromatic rings. The molecule has 0 aromatic carbocycles. The number of amides is 1. The molecule has 1 unspecified atom stereocenters. The highest BCUT2D eigenvalue weighted by atomic mass is 32.2. The van der Waals surface area contributed by atoms with E-state index in [1.54, 1.807) is 0 Å². The molecular weight excluding hydrogens is 248 g/mol. The van der Waals surface area contributed by atoms with Crippen molar-refractivity contribution >= 4 is 21.9 Å². The number of pyridine rings is 1. The maximum Gasteiger partial charge on any atom is 0.327 e. The Labute approximate surface area is 96.7 Å². The smallest absolute Gasteiger partial charge is 0.327 e. The molecule has 0 saturated heterocycles. The lowest BCUT2D eigenvalue weighted by Gasteiger charge is -2.18. The number of hydrogen-bond donors (Lipinski definition) is 1. The quantitative estimate of drug-likeness (QED) is 0.778. The largest absolute Gasteiger partial charge is 0.480 e. The van der Waals surface area contributed by atoms with Gasteiger partial charge in [0, 0.05) is 6.20 Å². The van der Waals surface area contributed by atoms with E-state index in [4.69, 9.17) is 5.11 Å². The molecule has 2 rings (SSSR count). The number of hydrogen-bond acceptors (Lipinski definition) is 5. The van der Waals surface area contributed by atoms with E-state index in [1.807, 2.05) is 0 Å². The van der Waals surface area contributed by atoms with Crippen LogP contribution in [0.25, 0.3) is 0 Å². The number of rotatable bonds is 2. The number of carboxylic acid groups (broad SMARTS) is 1. The molecule has 1 atom stereocenters. The Balaban J connectivity index is 2.63. The fourth-order valence-electron chi connectivity index (χ4n) is 1.56. The fraction of sp³-hybridized carbons (Fsp3) is 0.222. The Morgan fingerprint density at radius 1 is 1.53 bits per heavy atom. The third-order valence-electron chi connectivity index (χ3n) is 2.41. The molecule has 1 amide bonds. The number of aliphatic carboxylic acids is 1. The van der Waals surface area contributed by atoms with Crippen LogP contribution in [-0.4, -0.2) is 40.7 Å². The van der Waals surface area contributed by atoms with Crippen molar-refractivity contribution in [1.82, 2.24) is 9.29 Å². The van der Waals surface area contributed by atoms with Crippen LogP contribution >= 0.6 is 0 Å². The summed E-state index contributed by atoms with van der Waals surface area (Å²) in [4.78, 5) is 26.2. The highest BCUT2D eigenvalue weighted by Gasteiger charge is 2.46. The van der Waals surface area contributed by atoms with Crippen molar-refractivity contribution in [2.24, 2.45) is 0 Å². The van der Waals surface area contributed by atoms with Gasteiger partial charge in [-0.2, -0.15) is 8.42 Å². The molecule has 0 radical (unpaired) electrons. The van der Waals surface area contributed by atoms with Crippen molar-refractivity contribution < 1.29 is 23.1 Å². The summed E-state index contributed by atoms with van der Waals surface area (Å²) in [6.07, 6.45) is 1.23. The third-order valence-corrected chi connectivity index (χ3v) is 4.23. The fourth-order valence-corrected chi connectivity index (χ4v) is 3.20. The molecule has 8 heteroatoms. The van der Waals surface area contributed by atoms with Gasteiger partial charge in [0.15, 0.2) is 5.03 Å². The summed E-state index contributed by atoms with van der Waals surface area (Å²) in [6, 6.07) is 1.26. The first-order valence-electron chi connectivity index (χ1n) is 4.64. The van der Waals surface area contributed by atoms with Gasteiger partial charge >= 0.3 is 5.97 Å². The molecule has 90 valence electrons. The predicted molar refractivity (Wildman–Crippen MR) is 54.7 cm³/mol. The number of nitrogens with zero attached hydrogens (tertiary/aromatic N) is 2. The van der Waals surface area contributed by atoms with Gasteiger partial charge < -0.3 is 5.11 Å². The molecule has 1 N–H and O–H groups in total. The molecule has 1 aromatic heterocycles. The maximum absolute atomic E-state index is 11.9. The van der Waals surface area contributed by atoms with Crippen molar-refractivity contribution in [2.45, 2.75) is 18.0 Å². The van der Waals surface area contributed by atoms with Gasteiger partial charge in [-0.05, 0) is 19.1 Å². The Kier molecular flexibility index (Phi) is 2.39. The highest BCUT2D eigenvalue weighted by Crippen LogP contribution is 2.29. The summed E-state index contributed by atoms with van der Waals surface area (Å²) in [6.45, 7) is 1.13. The van der Waals surface area contributed by atoms with Crippen LogP contribution in [0.15, 0.2) is 23.4 Å². The minimum Gasteiger partial charge on any atom is -0.480 e. The number of carbonyl (C=O) groups excluding carboxylic acids is 1. The second-order valence-electron chi connectivity index (χ2n) is 3.48. The van der Waals surface area contributed by atoms with E-state index < -0.39 is 33.0 Å². The monoisotopic (exact) mass is 256 g/mol. The zero-order valence-corrected chi connectivity index (χ0v) is 9.51. The Morgan fingerprint density at radius 3 is 2.71 bits per heavy atom. The summed E-state index contributed by atoms with van der Waals surface area (Å²) in [5.74, 6) is -2.25. The average molecular weight is 256 g/mol. The summed E-state index contributed by atoms with van der Waals surface area (Å²) >= 11 is 0. The van der Waals surface area contributed by atoms with Crippen LogP contribution in [0.3, 0.4) is 0 Å². The van der Waals surface area contributed by atoms with Crippen molar-refractivity contribution in [3.05, 3.63) is 23.9 Å². The Bertz CT molecular complexity index is 610. The summed E-state index contributed by atoms with van der Waals surface area (Å²) in [5, 5.41) is 8.40. The van der Waals surface area contributed by atoms with Crippen LogP contribution in [0.2, 0.25) is 0 Å². The molecule has 1 aliphatic heterocycles. The number of fused-ring (bicyclic) bond motifs is 1. The minimum atomic E-state index is -4.15. The van der Waals surface area contributed by atoms with Crippen molar-refractivity contribution in [3.8, 4) is 0 Å². The second-order valence-corrected chi connectivity index (χ2v) is 5.21. The summed E-state index contributed by atoms with van der Waals surface area (Å²) in [5.41, 5.74) is -0.0967. The number of carbonyl (C=O) groups is 2. The lowest BCUT2D eigenvalue weighted by Crippen LogP contribution is -2.42. The normalized spacial score (nSPS) is 18.9. The van der Waals surface area contributed by atoms with Gasteiger partial charge in [-0.25, -0.2) is 14.1 Å². The average Bonchev–Trinajstić information content (AvgIpc) is 2.47. The molecule has 7 nitrogen and oxygen atoms in total. The van der Waals surface area contributed by atoms with Gasteiger partial charge in [0.05, 0.1) is 5.56 Å². The zero-order chi connectivity index (χ0) is 12.8. The second kappa shape index (κ2) is 3.52. The van der Waals surface area contributed by atoms with Crippen LogP contribution in [0, 0.1) is 0 Å². The molecule has 0 spiro atoms. The van der Waals surface area contributed by atoms with E-state index in [2.05, 4.69) is 4.98 Å². The van der Waals surface area contributed by atoms with Crippen molar-refractivity contribution in [2.75, 3.05) is 0 Å². The highest BCUT2D eigenvalue weighted by molar-refractivity contribution is 7.90. The number of sulfonamides is 1. The van der Waals surface area contributed by atoms with Gasteiger partial charge in [-0.15, -0.1) is 0 Å².